The second-order valence-electron chi connectivity index (χ2n) is 7.43. The Morgan fingerprint density at radius 1 is 1.31 bits per heavy atom. The molecule has 7 heteroatoms. The van der Waals surface area contributed by atoms with Crippen LogP contribution < -0.4 is 15.5 Å². The van der Waals surface area contributed by atoms with Gasteiger partial charge in [0, 0.05) is 59.7 Å². The second kappa shape index (κ2) is 11.1. The van der Waals surface area contributed by atoms with Gasteiger partial charge in [0.15, 0.2) is 5.96 Å². The zero-order valence-corrected chi connectivity index (χ0v) is 19.5. The van der Waals surface area contributed by atoms with Gasteiger partial charge in [-0.2, -0.15) is 0 Å². The maximum atomic E-state index is 12.1. The second-order valence-corrected chi connectivity index (χ2v) is 9.75. The summed E-state index contributed by atoms with van der Waals surface area (Å²) in [5, 5.41) is 6.82. The third-order valence-electron chi connectivity index (χ3n) is 4.37. The van der Waals surface area contributed by atoms with Crippen molar-refractivity contribution in [1.82, 2.24) is 10.6 Å². The normalized spacial score (nSPS) is 19.5. The largest absolute Gasteiger partial charge is 0.369 e. The Bertz CT molecular complexity index is 589. The van der Waals surface area contributed by atoms with E-state index >= 15 is 0 Å². The average molecular weight is 492 g/mol. The number of anilines is 1. The summed E-state index contributed by atoms with van der Waals surface area (Å²) >= 11 is 0. The minimum Gasteiger partial charge on any atom is -0.369 e. The SMILES string of the molecule is CN=C(NCCS(=O)C(C)(C)C)NC1CCCN(c2ccccc2)C1.I. The Kier molecular flexibility index (Phi) is 9.92. The number of aliphatic imine (C=N–C) groups is 1. The predicted molar refractivity (Wildman–Crippen MR) is 124 cm³/mol. The van der Waals surface area contributed by atoms with E-state index in [-0.39, 0.29) is 28.7 Å². The highest BCUT2D eigenvalue weighted by molar-refractivity contribution is 14.0. The van der Waals surface area contributed by atoms with E-state index in [0.717, 1.165) is 31.9 Å². The van der Waals surface area contributed by atoms with Crippen LogP contribution in [0.2, 0.25) is 0 Å². The molecule has 1 aromatic rings. The Balaban J connectivity index is 0.00000338. The zero-order valence-electron chi connectivity index (χ0n) is 16.3. The molecule has 0 aromatic heterocycles. The molecule has 0 radical (unpaired) electrons. The smallest absolute Gasteiger partial charge is 0.191 e. The molecule has 1 aliphatic rings. The number of hydrogen-bond donors (Lipinski definition) is 2. The predicted octanol–water partition coefficient (Wildman–Crippen LogP) is 2.99. The number of halogens is 1. The van der Waals surface area contributed by atoms with E-state index in [1.54, 1.807) is 7.05 Å². The van der Waals surface area contributed by atoms with E-state index in [1.165, 1.54) is 5.69 Å². The highest BCUT2D eigenvalue weighted by atomic mass is 127. The Morgan fingerprint density at radius 3 is 2.62 bits per heavy atom. The van der Waals surface area contributed by atoms with Crippen molar-refractivity contribution in [3.8, 4) is 0 Å². The molecule has 1 saturated heterocycles. The molecule has 1 aromatic carbocycles. The molecular formula is C19H33IN4OS. The lowest BCUT2D eigenvalue weighted by atomic mass is 10.1. The van der Waals surface area contributed by atoms with Gasteiger partial charge in [-0.3, -0.25) is 9.20 Å². The number of benzene rings is 1. The summed E-state index contributed by atoms with van der Waals surface area (Å²) in [4.78, 5) is 6.74. The van der Waals surface area contributed by atoms with Crippen LogP contribution in [0.4, 0.5) is 5.69 Å². The third kappa shape index (κ3) is 7.42. The Hall–Kier alpha value is -0.830. The first kappa shape index (κ1) is 23.2. The molecule has 5 nitrogen and oxygen atoms in total. The van der Waals surface area contributed by atoms with Crippen molar-refractivity contribution < 1.29 is 4.21 Å². The number of guanidine groups is 1. The van der Waals surface area contributed by atoms with E-state index in [0.29, 0.717) is 18.3 Å². The molecule has 0 spiro atoms. The summed E-state index contributed by atoms with van der Waals surface area (Å²) in [6, 6.07) is 10.9. The van der Waals surface area contributed by atoms with Crippen LogP contribution in [0.15, 0.2) is 35.3 Å². The molecule has 148 valence electrons. The van der Waals surface area contributed by atoms with Crippen molar-refractivity contribution in [2.75, 3.05) is 37.3 Å². The van der Waals surface area contributed by atoms with E-state index in [4.69, 9.17) is 0 Å². The molecule has 1 fully saturated rings. The number of para-hydroxylation sites is 1. The van der Waals surface area contributed by atoms with Crippen LogP contribution in [0, 0.1) is 0 Å². The third-order valence-corrected chi connectivity index (χ3v) is 6.31. The molecule has 1 aliphatic heterocycles. The number of piperidine rings is 1. The lowest BCUT2D eigenvalue weighted by Crippen LogP contribution is -2.51. The van der Waals surface area contributed by atoms with Crippen LogP contribution in [0.3, 0.4) is 0 Å². The first-order valence-corrected chi connectivity index (χ1v) is 10.4. The van der Waals surface area contributed by atoms with Gasteiger partial charge in [-0.1, -0.05) is 18.2 Å². The lowest BCUT2D eigenvalue weighted by molar-refractivity contribution is 0.468. The summed E-state index contributed by atoms with van der Waals surface area (Å²) in [6.07, 6.45) is 2.30. The quantitative estimate of drug-likeness (QED) is 0.377. The van der Waals surface area contributed by atoms with Crippen LogP contribution in [0.5, 0.6) is 0 Å². The number of nitrogens with zero attached hydrogens (tertiary/aromatic N) is 2. The number of hydrogen-bond acceptors (Lipinski definition) is 3. The fraction of sp³-hybridized carbons (Fsp3) is 0.632. The van der Waals surface area contributed by atoms with Gasteiger partial charge in [-0.05, 0) is 45.7 Å². The van der Waals surface area contributed by atoms with Crippen molar-refractivity contribution in [2.45, 2.75) is 44.4 Å². The van der Waals surface area contributed by atoms with Crippen molar-refractivity contribution >= 4 is 46.4 Å². The highest BCUT2D eigenvalue weighted by Crippen LogP contribution is 2.19. The molecule has 0 bridgehead atoms. The molecule has 2 N–H and O–H groups in total. The van der Waals surface area contributed by atoms with Gasteiger partial charge < -0.3 is 15.5 Å². The van der Waals surface area contributed by atoms with Gasteiger partial charge in [-0.15, -0.1) is 24.0 Å². The molecule has 1 heterocycles. The van der Waals surface area contributed by atoms with Gasteiger partial charge in [0.25, 0.3) is 0 Å². The maximum absolute atomic E-state index is 12.1. The van der Waals surface area contributed by atoms with Crippen LogP contribution in [-0.4, -0.2) is 53.4 Å². The fourth-order valence-corrected chi connectivity index (χ4v) is 3.82. The van der Waals surface area contributed by atoms with Gasteiger partial charge in [0.2, 0.25) is 0 Å². The van der Waals surface area contributed by atoms with Gasteiger partial charge in [0.05, 0.1) is 0 Å². The molecule has 2 atom stereocenters. The first-order chi connectivity index (χ1) is 11.9. The standard InChI is InChI=1S/C19H32N4OS.HI/c1-19(2,3)25(24)14-12-21-18(20-4)22-16-9-8-13-23(15-16)17-10-6-5-7-11-17;/h5-7,10-11,16H,8-9,12-15H2,1-4H3,(H2,20,21,22);1H. The van der Waals surface area contributed by atoms with Crippen LogP contribution in [-0.2, 0) is 10.8 Å². The van der Waals surface area contributed by atoms with Gasteiger partial charge >= 0.3 is 0 Å². The molecule has 0 aliphatic carbocycles. The minimum atomic E-state index is -0.847. The fourth-order valence-electron chi connectivity index (χ4n) is 2.92. The first-order valence-electron chi connectivity index (χ1n) is 9.06. The van der Waals surface area contributed by atoms with E-state index < -0.39 is 10.8 Å². The van der Waals surface area contributed by atoms with Crippen molar-refractivity contribution in [3.05, 3.63) is 30.3 Å². The summed E-state index contributed by atoms with van der Waals surface area (Å²) < 4.78 is 12.0. The summed E-state index contributed by atoms with van der Waals surface area (Å²) in [5.74, 6) is 1.43. The van der Waals surface area contributed by atoms with Gasteiger partial charge in [-0.25, -0.2) is 0 Å². The van der Waals surface area contributed by atoms with E-state index in [2.05, 4.69) is 50.9 Å². The molecule has 26 heavy (non-hydrogen) atoms. The number of nitrogens with one attached hydrogen (secondary N) is 2. The molecule has 0 saturated carbocycles. The van der Waals surface area contributed by atoms with E-state index in [1.807, 2.05) is 20.8 Å². The summed E-state index contributed by atoms with van der Waals surface area (Å²) in [6.45, 7) is 8.76. The Labute approximate surface area is 177 Å². The monoisotopic (exact) mass is 492 g/mol. The van der Waals surface area contributed by atoms with Crippen LogP contribution >= 0.6 is 24.0 Å². The van der Waals surface area contributed by atoms with Crippen LogP contribution in [0.25, 0.3) is 0 Å². The Morgan fingerprint density at radius 2 is 2.00 bits per heavy atom. The highest BCUT2D eigenvalue weighted by Gasteiger charge is 2.21. The average Bonchev–Trinajstić information content (AvgIpc) is 2.61. The zero-order chi connectivity index (χ0) is 18.3. The maximum Gasteiger partial charge on any atom is 0.191 e. The van der Waals surface area contributed by atoms with Gasteiger partial charge in [0.1, 0.15) is 0 Å². The molecule has 2 unspecified atom stereocenters. The molecule has 0 amide bonds. The van der Waals surface area contributed by atoms with E-state index in [9.17, 15) is 4.21 Å². The van der Waals surface area contributed by atoms with Crippen LogP contribution in [0.1, 0.15) is 33.6 Å². The van der Waals surface area contributed by atoms with Crippen molar-refractivity contribution in [2.24, 2.45) is 4.99 Å². The molecule has 2 rings (SSSR count). The summed E-state index contributed by atoms with van der Waals surface area (Å²) in [5.41, 5.74) is 1.28. The topological polar surface area (TPSA) is 56.7 Å². The van der Waals surface area contributed by atoms with Crippen molar-refractivity contribution in [3.63, 3.8) is 0 Å². The summed E-state index contributed by atoms with van der Waals surface area (Å²) in [7, 11) is 0.939. The minimum absolute atomic E-state index is 0. The molecular weight excluding hydrogens is 459 g/mol. The van der Waals surface area contributed by atoms with Crippen molar-refractivity contribution in [1.29, 1.82) is 0 Å². The number of rotatable bonds is 5. The lowest BCUT2D eigenvalue weighted by Gasteiger charge is -2.35.